The lowest BCUT2D eigenvalue weighted by Gasteiger charge is -2.15. The number of pyridine rings is 2. The molecule has 12 aromatic rings. The Morgan fingerprint density at radius 1 is 0.397 bits per heavy atom. The van der Waals surface area contributed by atoms with Crippen molar-refractivity contribution in [2.45, 2.75) is 0 Å². The zero-order valence-corrected chi connectivity index (χ0v) is 30.5. The van der Waals surface area contributed by atoms with Gasteiger partial charge in [0.25, 0.3) is 0 Å². The number of aromatic nitrogens is 4. The molecule has 0 spiro atoms. The minimum Gasteiger partial charge on any atom is -0.292 e. The van der Waals surface area contributed by atoms with Gasteiger partial charge in [-0.1, -0.05) is 78.7 Å². The predicted octanol–water partition coefficient (Wildman–Crippen LogP) is 12.6. The van der Waals surface area contributed by atoms with Gasteiger partial charge in [-0.15, -0.1) is 0 Å². The monoisotopic (exact) mass is 741 g/mol. The highest BCUT2D eigenvalue weighted by atomic mass is 15.0. The summed E-state index contributed by atoms with van der Waals surface area (Å²) in [5.41, 5.74) is 11.6. The van der Waals surface area contributed by atoms with E-state index in [4.69, 9.17) is 16.8 Å². The van der Waals surface area contributed by atoms with Gasteiger partial charge in [-0.05, 0) is 135 Å². The fraction of sp³-hybridized carbons (Fsp3) is 0. The Morgan fingerprint density at radius 3 is 1.33 bits per heavy atom. The molecule has 0 unspecified atom stereocenters. The first-order chi connectivity index (χ1) is 30.7. The van der Waals surface area contributed by atoms with Gasteiger partial charge in [0.2, 0.25) is 0 Å². The molecule has 12 rings (SSSR count). The number of fused-ring (bicyclic) bond motifs is 16. The molecule has 4 aromatic heterocycles. The van der Waals surface area contributed by atoms with E-state index < -0.39 is 18.1 Å². The van der Waals surface area contributed by atoms with E-state index in [0.29, 0.717) is 16.7 Å². The van der Waals surface area contributed by atoms with E-state index in [2.05, 4.69) is 51.3 Å². The second-order valence-electron chi connectivity index (χ2n) is 14.5. The van der Waals surface area contributed by atoms with Crippen LogP contribution in [0.15, 0.2) is 170 Å². The largest absolute Gasteiger partial charge is 0.292 e. The van der Waals surface area contributed by atoms with Crippen LogP contribution in [0.5, 0.6) is 0 Å². The van der Waals surface area contributed by atoms with Crippen LogP contribution in [0, 0.1) is 22.7 Å². The molecule has 0 atom stereocenters. The summed E-state index contributed by atoms with van der Waals surface area (Å²) in [4.78, 5) is 10.1. The zero-order chi connectivity index (χ0) is 42.8. The fourth-order valence-electron chi connectivity index (χ4n) is 8.71. The molecule has 0 radical (unpaired) electrons. The summed E-state index contributed by atoms with van der Waals surface area (Å²) in [6.45, 7) is 0. The minimum atomic E-state index is -0.456. The van der Waals surface area contributed by atoms with Gasteiger partial charge in [-0.25, -0.2) is 9.97 Å². The molecule has 0 amide bonds. The van der Waals surface area contributed by atoms with Crippen LogP contribution >= 0.6 is 0 Å². The summed E-state index contributed by atoms with van der Waals surface area (Å²) in [7, 11) is 0. The fourth-order valence-corrected chi connectivity index (χ4v) is 8.71. The van der Waals surface area contributed by atoms with Crippen molar-refractivity contribution < 1.29 is 6.85 Å². The molecule has 266 valence electrons. The molecular weight excluding hydrogens is 709 g/mol. The standard InChI is InChI=1S/C52H28N6/c53-29-31-14-18-39-43-27-34(16-20-41(43)51-55-45-10-4-6-12-47(45)57(51)49(39)22-31)37-24-36(33-8-2-1-3-9-33)25-38(26-37)35-17-21-42-44(28-35)40-19-15-32(30-54)23-50(40)58-48-13-7-5-11-46(48)56-52(42)58/h1-28H/i1D,2D,3D,8D,9D. The van der Waals surface area contributed by atoms with Gasteiger partial charge in [0.05, 0.1) is 63.2 Å². The molecule has 0 aliphatic heterocycles. The average Bonchev–Trinajstić information content (AvgIpc) is 3.92. The van der Waals surface area contributed by atoms with E-state index >= 15 is 0 Å². The number of nitrogens with zero attached hydrogens (tertiary/aromatic N) is 6. The first-order valence-corrected chi connectivity index (χ1v) is 18.8. The lowest BCUT2D eigenvalue weighted by atomic mass is 9.91. The number of hydrogen-bond acceptors (Lipinski definition) is 4. The van der Waals surface area contributed by atoms with Crippen LogP contribution in [0.3, 0.4) is 0 Å². The molecule has 8 aromatic carbocycles. The van der Waals surface area contributed by atoms with Gasteiger partial charge in [-0.3, -0.25) is 8.80 Å². The molecule has 0 bridgehead atoms. The number of para-hydroxylation sites is 4. The summed E-state index contributed by atoms with van der Waals surface area (Å²) < 4.78 is 47.7. The average molecular weight is 742 g/mol. The smallest absolute Gasteiger partial charge is 0.146 e. The molecule has 0 fully saturated rings. The van der Waals surface area contributed by atoms with Gasteiger partial charge >= 0.3 is 0 Å². The Balaban J connectivity index is 1.14. The molecule has 58 heavy (non-hydrogen) atoms. The van der Waals surface area contributed by atoms with Gasteiger partial charge < -0.3 is 0 Å². The van der Waals surface area contributed by atoms with E-state index in [-0.39, 0.29) is 17.6 Å². The summed E-state index contributed by atoms with van der Waals surface area (Å²) in [6.07, 6.45) is 0. The topological polar surface area (TPSA) is 82.2 Å². The third-order valence-corrected chi connectivity index (χ3v) is 11.3. The molecule has 6 heteroatoms. The second-order valence-corrected chi connectivity index (χ2v) is 14.5. The van der Waals surface area contributed by atoms with Crippen molar-refractivity contribution in [3.8, 4) is 45.5 Å². The molecule has 4 heterocycles. The number of benzene rings is 8. The van der Waals surface area contributed by atoms with Crippen molar-refractivity contribution in [3.05, 3.63) is 181 Å². The van der Waals surface area contributed by atoms with Gasteiger partial charge in [0.15, 0.2) is 0 Å². The van der Waals surface area contributed by atoms with Crippen LogP contribution in [0.1, 0.15) is 18.0 Å². The molecular formula is C52H28N6. The van der Waals surface area contributed by atoms with Crippen molar-refractivity contribution in [3.63, 3.8) is 0 Å². The highest BCUT2D eigenvalue weighted by Crippen LogP contribution is 2.40. The third-order valence-electron chi connectivity index (χ3n) is 11.3. The first-order valence-electron chi connectivity index (χ1n) is 21.3. The molecule has 0 N–H and O–H groups in total. The summed E-state index contributed by atoms with van der Waals surface area (Å²) >= 11 is 0. The van der Waals surface area contributed by atoms with Crippen molar-refractivity contribution in [1.82, 2.24) is 18.8 Å². The lowest BCUT2D eigenvalue weighted by Crippen LogP contribution is -1.94. The van der Waals surface area contributed by atoms with Crippen molar-refractivity contribution in [2.75, 3.05) is 0 Å². The van der Waals surface area contributed by atoms with Gasteiger partial charge in [0.1, 0.15) is 11.3 Å². The number of hydrogen-bond donors (Lipinski definition) is 0. The molecule has 0 saturated carbocycles. The van der Waals surface area contributed by atoms with Crippen molar-refractivity contribution >= 4 is 76.7 Å². The van der Waals surface area contributed by atoms with E-state index in [1.54, 1.807) is 0 Å². The Labute approximate surface area is 338 Å². The maximum atomic E-state index is 9.92. The molecule has 6 nitrogen and oxygen atoms in total. The van der Waals surface area contributed by atoms with E-state index in [1.807, 2.05) is 109 Å². The Kier molecular flexibility index (Phi) is 5.69. The van der Waals surface area contributed by atoms with E-state index in [0.717, 1.165) is 99.0 Å². The lowest BCUT2D eigenvalue weighted by molar-refractivity contribution is 1.31. The summed E-state index contributed by atoms with van der Waals surface area (Å²) in [6, 6.07) is 48.2. The highest BCUT2D eigenvalue weighted by molar-refractivity contribution is 6.16. The second kappa shape index (κ2) is 12.1. The van der Waals surface area contributed by atoms with Crippen LogP contribution in [0.2, 0.25) is 0 Å². The Bertz CT molecular complexity index is 3880. The maximum Gasteiger partial charge on any atom is 0.146 e. The predicted molar refractivity (Wildman–Crippen MR) is 235 cm³/mol. The minimum absolute atomic E-state index is 0.103. The summed E-state index contributed by atoms with van der Waals surface area (Å²) in [5.74, 6) is 0. The molecule has 0 aliphatic carbocycles. The quantitative estimate of drug-likeness (QED) is 0.169. The normalized spacial score (nSPS) is 13.0. The van der Waals surface area contributed by atoms with Gasteiger partial charge in [0, 0.05) is 21.5 Å². The van der Waals surface area contributed by atoms with Gasteiger partial charge in [-0.2, -0.15) is 10.5 Å². The number of imidazole rings is 2. The first kappa shape index (κ1) is 27.3. The number of nitriles is 2. The van der Waals surface area contributed by atoms with Crippen LogP contribution in [-0.4, -0.2) is 18.8 Å². The zero-order valence-electron chi connectivity index (χ0n) is 35.5. The van der Waals surface area contributed by atoms with Crippen molar-refractivity contribution in [1.29, 1.82) is 10.5 Å². The van der Waals surface area contributed by atoms with Crippen LogP contribution in [0.25, 0.3) is 110 Å². The van der Waals surface area contributed by atoms with E-state index in [1.165, 1.54) is 0 Å². The summed E-state index contributed by atoms with van der Waals surface area (Å²) in [5, 5.41) is 25.4. The third kappa shape index (κ3) is 4.64. The van der Waals surface area contributed by atoms with Crippen molar-refractivity contribution in [2.24, 2.45) is 0 Å². The Morgan fingerprint density at radius 2 is 0.845 bits per heavy atom. The van der Waals surface area contributed by atoms with Crippen LogP contribution in [0.4, 0.5) is 0 Å². The maximum absolute atomic E-state index is 9.92. The molecule has 0 saturated heterocycles. The Hall–Kier alpha value is -8.32. The SMILES string of the molecule is [2H]c1c([2H])c([2H])c(-c2cc(-c3ccc4c(c3)c3ccc(C#N)cc3n3c5ccccc5nc43)cc(-c3ccc4c(c3)c3ccc(C#N)cc3n3c5ccccc5nc43)c2)c([2H])c1[2H]. The van der Waals surface area contributed by atoms with E-state index in [9.17, 15) is 10.5 Å². The highest BCUT2D eigenvalue weighted by Gasteiger charge is 2.18. The van der Waals surface area contributed by atoms with Crippen LogP contribution in [-0.2, 0) is 0 Å². The number of rotatable bonds is 3. The molecule has 0 aliphatic rings. The van der Waals surface area contributed by atoms with Crippen LogP contribution < -0.4 is 0 Å².